The van der Waals surface area contributed by atoms with E-state index in [0.29, 0.717) is 16.7 Å². The van der Waals surface area contributed by atoms with Gasteiger partial charge in [0.15, 0.2) is 9.84 Å². The zero-order valence-corrected chi connectivity index (χ0v) is 15.8. The van der Waals surface area contributed by atoms with Crippen molar-refractivity contribution in [3.63, 3.8) is 0 Å². The number of hydrogen-bond donors (Lipinski definition) is 1. The second kappa shape index (κ2) is 6.45. The summed E-state index contributed by atoms with van der Waals surface area (Å²) in [6.45, 7) is 6.34. The first-order valence-corrected chi connectivity index (χ1v) is 10.9. The van der Waals surface area contributed by atoms with Crippen LogP contribution in [0.5, 0.6) is 0 Å². The van der Waals surface area contributed by atoms with Gasteiger partial charge in [-0.05, 0) is 67.9 Å². The summed E-state index contributed by atoms with van der Waals surface area (Å²) in [6.07, 6.45) is 4.97. The molecule has 5 atom stereocenters. The highest BCUT2D eigenvalue weighted by molar-refractivity contribution is 7.91. The molecule has 0 aromatic heterocycles. The van der Waals surface area contributed by atoms with Gasteiger partial charge in [-0.3, -0.25) is 0 Å². The molecule has 0 radical (unpaired) electrons. The van der Waals surface area contributed by atoms with Crippen LogP contribution in [0.25, 0.3) is 0 Å². The van der Waals surface area contributed by atoms with Gasteiger partial charge in [0.25, 0.3) is 0 Å². The van der Waals surface area contributed by atoms with Crippen molar-refractivity contribution in [1.82, 2.24) is 0 Å². The molecule has 0 spiro atoms. The van der Waals surface area contributed by atoms with E-state index in [4.69, 9.17) is 0 Å². The van der Waals surface area contributed by atoms with Gasteiger partial charge >= 0.3 is 0 Å². The lowest BCUT2D eigenvalue weighted by Crippen LogP contribution is -2.42. The molecule has 0 bridgehead atoms. The molecule has 3 rings (SSSR count). The first kappa shape index (κ1) is 17.9. The van der Waals surface area contributed by atoms with Crippen LogP contribution in [0, 0.1) is 30.1 Å². The van der Waals surface area contributed by atoms with Gasteiger partial charge in [-0.15, -0.1) is 0 Å². The lowest BCUT2D eigenvalue weighted by molar-refractivity contribution is -0.0250. The second-order valence-electron chi connectivity index (χ2n) is 8.33. The van der Waals surface area contributed by atoms with Crippen molar-refractivity contribution in [1.29, 1.82) is 0 Å². The fraction of sp³-hybridized carbons (Fsp3) is 0.700. The maximum absolute atomic E-state index is 12.8. The Bertz CT molecular complexity index is 679. The van der Waals surface area contributed by atoms with Gasteiger partial charge < -0.3 is 5.11 Å². The van der Waals surface area contributed by atoms with Gasteiger partial charge in [0.2, 0.25) is 0 Å². The van der Waals surface area contributed by atoms with Crippen LogP contribution in [0.4, 0.5) is 0 Å². The van der Waals surface area contributed by atoms with Crippen molar-refractivity contribution in [3.8, 4) is 0 Å². The number of sulfone groups is 1. The minimum absolute atomic E-state index is 0.0971. The molecule has 1 aromatic carbocycles. The molecule has 2 aliphatic carbocycles. The summed E-state index contributed by atoms with van der Waals surface area (Å²) in [7, 11) is -3.25. The molecule has 24 heavy (non-hydrogen) atoms. The van der Waals surface area contributed by atoms with Gasteiger partial charge in [-0.1, -0.05) is 38.0 Å². The van der Waals surface area contributed by atoms with Crippen molar-refractivity contribution < 1.29 is 13.5 Å². The number of fused-ring (bicyclic) bond motifs is 1. The van der Waals surface area contributed by atoms with E-state index in [-0.39, 0.29) is 23.2 Å². The normalized spacial score (nSPS) is 34.8. The average molecular weight is 351 g/mol. The third-order valence-electron chi connectivity index (χ3n) is 6.71. The van der Waals surface area contributed by atoms with Gasteiger partial charge in [0.1, 0.15) is 0 Å². The van der Waals surface area contributed by atoms with Crippen LogP contribution in [0.3, 0.4) is 0 Å². The molecule has 1 unspecified atom stereocenters. The van der Waals surface area contributed by atoms with Crippen LogP contribution < -0.4 is 0 Å². The summed E-state index contributed by atoms with van der Waals surface area (Å²) in [5, 5.41) is 10.4. The van der Waals surface area contributed by atoms with Crippen LogP contribution >= 0.6 is 0 Å². The molecule has 134 valence electrons. The highest BCUT2D eigenvalue weighted by Crippen LogP contribution is 2.57. The van der Waals surface area contributed by atoms with E-state index < -0.39 is 9.84 Å². The highest BCUT2D eigenvalue weighted by atomic mass is 32.2. The fourth-order valence-electron chi connectivity index (χ4n) is 5.43. The summed E-state index contributed by atoms with van der Waals surface area (Å²) in [4.78, 5) is 0.434. The number of aliphatic hydroxyl groups excluding tert-OH is 1. The molecule has 2 fully saturated rings. The highest BCUT2D eigenvalue weighted by Gasteiger charge is 2.52. The Morgan fingerprint density at radius 1 is 1.21 bits per heavy atom. The Hall–Kier alpha value is -0.870. The number of rotatable bonds is 4. The van der Waals surface area contributed by atoms with Crippen LogP contribution in [-0.4, -0.2) is 25.4 Å². The first-order valence-electron chi connectivity index (χ1n) is 9.21. The van der Waals surface area contributed by atoms with Gasteiger partial charge in [0.05, 0.1) is 16.8 Å². The predicted octanol–water partition coefficient (Wildman–Crippen LogP) is 3.98. The van der Waals surface area contributed by atoms with E-state index in [1.165, 1.54) is 0 Å². The predicted molar refractivity (Wildman–Crippen MR) is 96.6 cm³/mol. The SMILES string of the molecule is Cc1ccc(S(=O)(=O)C[C@@H](C)[C@H]2CC[C@H]3C(O)CCC[C@]23C)cc1. The molecule has 0 amide bonds. The van der Waals surface area contributed by atoms with E-state index in [1.807, 2.05) is 19.1 Å². The van der Waals surface area contributed by atoms with Crippen molar-refractivity contribution in [3.05, 3.63) is 29.8 Å². The summed E-state index contributed by atoms with van der Waals surface area (Å²) in [5.41, 5.74) is 1.17. The van der Waals surface area contributed by atoms with Crippen molar-refractivity contribution in [2.75, 3.05) is 5.75 Å². The lowest BCUT2D eigenvalue weighted by Gasteiger charge is -2.45. The second-order valence-corrected chi connectivity index (χ2v) is 10.4. The molecular weight excluding hydrogens is 320 g/mol. The summed E-state index contributed by atoms with van der Waals surface area (Å²) in [6, 6.07) is 7.17. The monoisotopic (exact) mass is 350 g/mol. The van der Waals surface area contributed by atoms with Crippen molar-refractivity contribution in [2.45, 2.75) is 63.9 Å². The van der Waals surface area contributed by atoms with E-state index in [2.05, 4.69) is 13.8 Å². The number of benzene rings is 1. The lowest BCUT2D eigenvalue weighted by atomic mass is 9.62. The Morgan fingerprint density at radius 3 is 2.54 bits per heavy atom. The Balaban J connectivity index is 1.77. The fourth-order valence-corrected chi connectivity index (χ4v) is 7.10. The Labute approximate surface area is 146 Å². The number of aliphatic hydroxyl groups is 1. The Kier molecular flexibility index (Phi) is 4.82. The zero-order valence-electron chi connectivity index (χ0n) is 15.0. The summed E-state index contributed by atoms with van der Waals surface area (Å²) >= 11 is 0. The van der Waals surface area contributed by atoms with Crippen LogP contribution in [0.1, 0.15) is 51.5 Å². The maximum Gasteiger partial charge on any atom is 0.178 e. The number of aryl methyl sites for hydroxylation is 1. The largest absolute Gasteiger partial charge is 0.393 e. The minimum atomic E-state index is -3.25. The quantitative estimate of drug-likeness (QED) is 0.893. The van der Waals surface area contributed by atoms with Crippen LogP contribution in [0.2, 0.25) is 0 Å². The Morgan fingerprint density at radius 2 is 1.88 bits per heavy atom. The van der Waals surface area contributed by atoms with Gasteiger partial charge in [0, 0.05) is 0 Å². The smallest absolute Gasteiger partial charge is 0.178 e. The average Bonchev–Trinajstić information content (AvgIpc) is 2.86. The van der Waals surface area contributed by atoms with Crippen LogP contribution in [0.15, 0.2) is 29.2 Å². The third kappa shape index (κ3) is 3.15. The zero-order chi connectivity index (χ0) is 17.5. The molecule has 4 heteroatoms. The van der Waals surface area contributed by atoms with Gasteiger partial charge in [-0.2, -0.15) is 0 Å². The molecule has 0 aliphatic heterocycles. The molecule has 2 aliphatic rings. The van der Waals surface area contributed by atoms with E-state index in [0.717, 1.165) is 37.7 Å². The third-order valence-corrected chi connectivity index (χ3v) is 8.67. The topological polar surface area (TPSA) is 54.4 Å². The van der Waals surface area contributed by atoms with E-state index in [9.17, 15) is 13.5 Å². The van der Waals surface area contributed by atoms with Gasteiger partial charge in [-0.25, -0.2) is 8.42 Å². The molecule has 0 heterocycles. The molecule has 1 N–H and O–H groups in total. The van der Waals surface area contributed by atoms with Crippen molar-refractivity contribution in [2.24, 2.45) is 23.2 Å². The van der Waals surface area contributed by atoms with Crippen LogP contribution in [-0.2, 0) is 9.84 Å². The molecule has 3 nitrogen and oxygen atoms in total. The summed E-state index contributed by atoms with van der Waals surface area (Å²) in [5.74, 6) is 1.06. The molecule has 2 saturated carbocycles. The minimum Gasteiger partial charge on any atom is -0.393 e. The van der Waals surface area contributed by atoms with E-state index >= 15 is 0 Å². The van der Waals surface area contributed by atoms with Crippen molar-refractivity contribution >= 4 is 9.84 Å². The first-order chi connectivity index (χ1) is 11.2. The maximum atomic E-state index is 12.8. The molecular formula is C20H30O3S. The standard InChI is InChI=1S/C20H30O3S/c1-14-6-8-16(9-7-14)24(22,23)13-15(2)17-10-11-18-19(21)5-4-12-20(17,18)3/h6-9,15,17-19,21H,4-5,10-13H2,1-3H3/t15-,17-,18+,19?,20-/m1/s1. The van der Waals surface area contributed by atoms with E-state index in [1.54, 1.807) is 12.1 Å². The molecule has 0 saturated heterocycles. The number of hydrogen-bond acceptors (Lipinski definition) is 3. The molecule has 1 aromatic rings. The summed E-state index contributed by atoms with van der Waals surface area (Å²) < 4.78 is 25.6.